The van der Waals surface area contributed by atoms with Crippen molar-refractivity contribution in [3.05, 3.63) is 18.0 Å². The molecule has 1 saturated heterocycles. The summed E-state index contributed by atoms with van der Waals surface area (Å²) in [6, 6.07) is 2.36. The van der Waals surface area contributed by atoms with E-state index in [0.29, 0.717) is 25.6 Å². The molecule has 6 nitrogen and oxygen atoms in total. The molecule has 2 heterocycles. The third-order valence-corrected chi connectivity index (χ3v) is 3.73. The number of nitrogens with zero attached hydrogens (tertiary/aromatic N) is 3. The lowest BCUT2D eigenvalue weighted by atomic mass is 10.2. The Kier molecular flexibility index (Phi) is 4.76. The molecule has 0 spiro atoms. The van der Waals surface area contributed by atoms with Gasteiger partial charge in [0.2, 0.25) is 11.8 Å². The molecule has 6 heteroatoms. The van der Waals surface area contributed by atoms with Crippen LogP contribution in [0.3, 0.4) is 0 Å². The zero-order valence-electron chi connectivity index (χ0n) is 12.1. The third-order valence-electron chi connectivity index (χ3n) is 3.73. The Morgan fingerprint density at radius 3 is 2.80 bits per heavy atom. The topological polar surface area (TPSA) is 67.2 Å². The highest BCUT2D eigenvalue weighted by Gasteiger charge is 2.21. The van der Waals surface area contributed by atoms with Crippen LogP contribution in [0.5, 0.6) is 0 Å². The number of amides is 2. The Hall–Kier alpha value is -1.85. The molecule has 110 valence electrons. The fourth-order valence-electron chi connectivity index (χ4n) is 2.43. The van der Waals surface area contributed by atoms with Crippen molar-refractivity contribution in [2.45, 2.75) is 45.7 Å². The molecule has 1 N–H and O–H groups in total. The molecule has 0 saturated carbocycles. The lowest BCUT2D eigenvalue weighted by Gasteiger charge is -2.18. The fraction of sp³-hybridized carbons (Fsp3) is 0.643. The summed E-state index contributed by atoms with van der Waals surface area (Å²) in [5, 5.41) is 7.14. The normalized spacial score (nSPS) is 16.4. The van der Waals surface area contributed by atoms with Crippen LogP contribution >= 0.6 is 0 Å². The van der Waals surface area contributed by atoms with E-state index in [4.69, 9.17) is 0 Å². The quantitative estimate of drug-likeness (QED) is 0.876. The van der Waals surface area contributed by atoms with Gasteiger partial charge >= 0.3 is 0 Å². The van der Waals surface area contributed by atoms with E-state index in [2.05, 4.69) is 24.3 Å². The van der Waals surface area contributed by atoms with Crippen LogP contribution in [0.25, 0.3) is 0 Å². The zero-order chi connectivity index (χ0) is 14.5. The smallest absolute Gasteiger partial charge is 0.242 e. The summed E-state index contributed by atoms with van der Waals surface area (Å²) in [5.41, 5.74) is 0.875. The van der Waals surface area contributed by atoms with Crippen molar-refractivity contribution in [1.82, 2.24) is 20.0 Å². The van der Waals surface area contributed by atoms with E-state index in [9.17, 15) is 9.59 Å². The summed E-state index contributed by atoms with van der Waals surface area (Å²) < 4.78 is 1.97. The van der Waals surface area contributed by atoms with Gasteiger partial charge in [0.05, 0.1) is 24.8 Å². The van der Waals surface area contributed by atoms with Gasteiger partial charge in [-0.25, -0.2) is 0 Å². The number of aromatic nitrogens is 2. The lowest BCUT2D eigenvalue weighted by molar-refractivity contribution is -0.130. The van der Waals surface area contributed by atoms with E-state index in [1.165, 1.54) is 0 Å². The Labute approximate surface area is 119 Å². The van der Waals surface area contributed by atoms with Crippen LogP contribution < -0.4 is 5.32 Å². The maximum absolute atomic E-state index is 11.9. The van der Waals surface area contributed by atoms with E-state index < -0.39 is 0 Å². The van der Waals surface area contributed by atoms with Crippen LogP contribution in [0.1, 0.15) is 44.8 Å². The predicted molar refractivity (Wildman–Crippen MR) is 74.9 cm³/mol. The maximum atomic E-state index is 11.9. The average molecular weight is 278 g/mol. The Morgan fingerprint density at radius 1 is 1.35 bits per heavy atom. The highest BCUT2D eigenvalue weighted by atomic mass is 16.2. The molecule has 0 aliphatic carbocycles. The lowest BCUT2D eigenvalue weighted by Crippen LogP contribution is -2.34. The molecule has 1 aliphatic rings. The summed E-state index contributed by atoms with van der Waals surface area (Å²) in [7, 11) is 0. The number of rotatable bonds is 5. The number of nitrogens with one attached hydrogen (secondary N) is 1. The molecule has 0 unspecified atom stereocenters. The van der Waals surface area contributed by atoms with Crippen LogP contribution in [0.2, 0.25) is 0 Å². The molecule has 0 atom stereocenters. The molecule has 0 aromatic carbocycles. The van der Waals surface area contributed by atoms with Gasteiger partial charge in [-0.15, -0.1) is 0 Å². The molecule has 1 aromatic heterocycles. The first-order valence-corrected chi connectivity index (χ1v) is 7.22. The average Bonchev–Trinajstić information content (AvgIpc) is 2.84. The Bertz CT molecular complexity index is 479. The second-order valence-corrected chi connectivity index (χ2v) is 5.10. The summed E-state index contributed by atoms with van der Waals surface area (Å²) in [6.45, 7) is 5.31. The molecule has 0 radical (unpaired) electrons. The highest BCUT2D eigenvalue weighted by molar-refractivity contribution is 5.87. The van der Waals surface area contributed by atoms with E-state index in [0.717, 1.165) is 18.5 Å². The Morgan fingerprint density at radius 2 is 2.10 bits per heavy atom. The van der Waals surface area contributed by atoms with Crippen molar-refractivity contribution in [2.24, 2.45) is 0 Å². The Balaban J connectivity index is 2.02. The molecule has 1 aliphatic heterocycles. The van der Waals surface area contributed by atoms with Crippen LogP contribution in [0.15, 0.2) is 12.3 Å². The van der Waals surface area contributed by atoms with E-state index in [1.807, 2.05) is 16.9 Å². The van der Waals surface area contributed by atoms with Crippen molar-refractivity contribution < 1.29 is 9.59 Å². The van der Waals surface area contributed by atoms with Gasteiger partial charge in [-0.2, -0.15) is 5.10 Å². The van der Waals surface area contributed by atoms with Crippen molar-refractivity contribution >= 4 is 11.8 Å². The monoisotopic (exact) mass is 278 g/mol. The largest absolute Gasteiger partial charge is 0.347 e. The van der Waals surface area contributed by atoms with Gasteiger partial charge < -0.3 is 10.2 Å². The second kappa shape index (κ2) is 6.54. The van der Waals surface area contributed by atoms with Crippen LogP contribution in [-0.4, -0.2) is 39.6 Å². The molecular formula is C14H22N4O2. The first-order valence-electron chi connectivity index (χ1n) is 7.22. The van der Waals surface area contributed by atoms with Crippen LogP contribution in [0.4, 0.5) is 0 Å². The van der Waals surface area contributed by atoms with Crippen molar-refractivity contribution in [3.8, 4) is 0 Å². The number of hydrogen-bond donors (Lipinski definition) is 1. The molecule has 0 bridgehead atoms. The minimum Gasteiger partial charge on any atom is -0.347 e. The van der Waals surface area contributed by atoms with Crippen molar-refractivity contribution in [3.63, 3.8) is 0 Å². The van der Waals surface area contributed by atoms with Gasteiger partial charge in [0.25, 0.3) is 0 Å². The number of carbonyl (C=O) groups excluding carboxylic acids is 2. The predicted octanol–water partition coefficient (Wildman–Crippen LogP) is 1.09. The van der Waals surface area contributed by atoms with Crippen LogP contribution in [-0.2, 0) is 16.1 Å². The zero-order valence-corrected chi connectivity index (χ0v) is 12.1. The summed E-state index contributed by atoms with van der Waals surface area (Å²) in [5.74, 6) is -0.114. The number of carbonyl (C=O) groups is 2. The van der Waals surface area contributed by atoms with Gasteiger partial charge in [0, 0.05) is 19.2 Å². The van der Waals surface area contributed by atoms with E-state index >= 15 is 0 Å². The van der Waals surface area contributed by atoms with Gasteiger partial charge in [-0.1, -0.05) is 13.8 Å². The van der Waals surface area contributed by atoms with E-state index in [1.54, 1.807) is 4.90 Å². The number of hydrogen-bond acceptors (Lipinski definition) is 3. The minimum absolute atomic E-state index is 0.0482. The summed E-state index contributed by atoms with van der Waals surface area (Å²) in [6.07, 6.45) is 4.41. The van der Waals surface area contributed by atoms with Gasteiger partial charge in [0.15, 0.2) is 0 Å². The maximum Gasteiger partial charge on any atom is 0.242 e. The molecular weight excluding hydrogens is 256 g/mol. The van der Waals surface area contributed by atoms with Gasteiger partial charge in [0.1, 0.15) is 0 Å². The van der Waals surface area contributed by atoms with Gasteiger partial charge in [-0.3, -0.25) is 14.3 Å². The summed E-state index contributed by atoms with van der Waals surface area (Å²) in [4.78, 5) is 24.9. The van der Waals surface area contributed by atoms with Crippen molar-refractivity contribution in [1.29, 1.82) is 0 Å². The minimum atomic E-state index is -0.0663. The summed E-state index contributed by atoms with van der Waals surface area (Å²) >= 11 is 0. The van der Waals surface area contributed by atoms with Gasteiger partial charge in [-0.05, 0) is 18.9 Å². The SMILES string of the molecule is CCC(CC)n1ccc(CN2CCC(=O)NCC2=O)n1. The molecule has 1 aromatic rings. The third kappa shape index (κ3) is 3.37. The standard InChI is InChI=1S/C14H22N4O2/c1-3-12(4-2)18-8-5-11(16-18)10-17-7-6-13(19)15-9-14(17)20/h5,8,12H,3-4,6-7,9-10H2,1-2H3,(H,15,19). The second-order valence-electron chi connectivity index (χ2n) is 5.10. The fourth-order valence-corrected chi connectivity index (χ4v) is 2.43. The molecule has 1 fully saturated rings. The molecule has 20 heavy (non-hydrogen) atoms. The molecule has 2 amide bonds. The van der Waals surface area contributed by atoms with Crippen LogP contribution in [0, 0.1) is 0 Å². The molecule has 2 rings (SSSR count). The first kappa shape index (κ1) is 14.6. The van der Waals surface area contributed by atoms with E-state index in [-0.39, 0.29) is 18.4 Å². The highest BCUT2D eigenvalue weighted by Crippen LogP contribution is 2.15. The van der Waals surface area contributed by atoms with Crippen molar-refractivity contribution in [2.75, 3.05) is 13.1 Å². The first-order chi connectivity index (χ1) is 9.63.